The van der Waals surface area contributed by atoms with Crippen LogP contribution >= 0.6 is 0 Å². The second-order valence-corrected chi connectivity index (χ2v) is 4.64. The number of aryl methyl sites for hydroxylation is 1. The molecule has 2 N–H and O–H groups in total. The SMILES string of the molecule is Cc1cc(C#N)ccc1COc1cc(F)cc(B(O)O)c1. The van der Waals surface area contributed by atoms with Gasteiger partial charge in [0.25, 0.3) is 0 Å². The Bertz CT molecular complexity index is 698. The lowest BCUT2D eigenvalue weighted by Gasteiger charge is -2.10. The first kappa shape index (κ1) is 15.0. The Kier molecular flexibility index (Phi) is 4.58. The lowest BCUT2D eigenvalue weighted by Crippen LogP contribution is -2.30. The van der Waals surface area contributed by atoms with Crippen LogP contribution in [0.3, 0.4) is 0 Å². The van der Waals surface area contributed by atoms with Crippen LogP contribution in [0.1, 0.15) is 16.7 Å². The normalized spacial score (nSPS) is 10.0. The minimum Gasteiger partial charge on any atom is -0.489 e. The summed E-state index contributed by atoms with van der Waals surface area (Å²) in [7, 11) is -1.75. The quantitative estimate of drug-likeness (QED) is 0.829. The molecule has 0 fully saturated rings. The molecule has 0 saturated heterocycles. The molecule has 0 saturated carbocycles. The molecule has 0 amide bonds. The van der Waals surface area contributed by atoms with Crippen molar-refractivity contribution in [2.45, 2.75) is 13.5 Å². The van der Waals surface area contributed by atoms with E-state index in [4.69, 9.17) is 20.0 Å². The molecule has 0 unspecified atom stereocenters. The van der Waals surface area contributed by atoms with E-state index < -0.39 is 12.9 Å². The molecule has 2 rings (SSSR count). The molecule has 0 bridgehead atoms. The molecule has 2 aromatic carbocycles. The van der Waals surface area contributed by atoms with Crippen LogP contribution < -0.4 is 10.2 Å². The minimum atomic E-state index is -1.75. The van der Waals surface area contributed by atoms with Gasteiger partial charge in [-0.3, -0.25) is 0 Å². The molecule has 0 atom stereocenters. The number of nitriles is 1. The summed E-state index contributed by atoms with van der Waals surface area (Å²) in [5, 5.41) is 26.9. The lowest BCUT2D eigenvalue weighted by atomic mass is 9.80. The third kappa shape index (κ3) is 3.82. The molecule has 0 aliphatic heterocycles. The van der Waals surface area contributed by atoms with Crippen LogP contribution in [0.25, 0.3) is 0 Å². The third-order valence-electron chi connectivity index (χ3n) is 3.06. The standard InChI is InChI=1S/C15H13BFNO3/c1-10-4-11(8-18)2-3-12(10)9-21-15-6-13(16(19)20)5-14(17)7-15/h2-7,19-20H,9H2,1H3. The van der Waals surface area contributed by atoms with Crippen LogP contribution in [0.5, 0.6) is 5.75 Å². The summed E-state index contributed by atoms with van der Waals surface area (Å²) in [4.78, 5) is 0. The number of nitrogens with zero attached hydrogens (tertiary/aromatic N) is 1. The Morgan fingerprint density at radius 1 is 1.24 bits per heavy atom. The maximum atomic E-state index is 13.4. The molecule has 106 valence electrons. The third-order valence-corrected chi connectivity index (χ3v) is 3.06. The van der Waals surface area contributed by atoms with E-state index in [1.807, 2.05) is 6.92 Å². The number of halogens is 1. The van der Waals surface area contributed by atoms with Gasteiger partial charge in [-0.25, -0.2) is 4.39 Å². The van der Waals surface area contributed by atoms with Crippen molar-refractivity contribution in [2.24, 2.45) is 0 Å². The van der Waals surface area contributed by atoms with Crippen LogP contribution in [0.2, 0.25) is 0 Å². The van der Waals surface area contributed by atoms with Crippen LogP contribution in [-0.4, -0.2) is 17.2 Å². The fraction of sp³-hybridized carbons (Fsp3) is 0.133. The van der Waals surface area contributed by atoms with E-state index in [1.165, 1.54) is 12.1 Å². The fourth-order valence-electron chi connectivity index (χ4n) is 1.91. The van der Waals surface area contributed by atoms with E-state index in [1.54, 1.807) is 18.2 Å². The van der Waals surface area contributed by atoms with E-state index in [9.17, 15) is 4.39 Å². The number of ether oxygens (including phenoxy) is 1. The van der Waals surface area contributed by atoms with E-state index in [-0.39, 0.29) is 17.8 Å². The Morgan fingerprint density at radius 2 is 2.00 bits per heavy atom. The molecule has 6 heteroatoms. The topological polar surface area (TPSA) is 73.5 Å². The summed E-state index contributed by atoms with van der Waals surface area (Å²) in [5.41, 5.74) is 2.35. The van der Waals surface area contributed by atoms with Crippen molar-refractivity contribution in [3.05, 3.63) is 58.9 Å². The summed E-state index contributed by atoms with van der Waals surface area (Å²) >= 11 is 0. The molecular weight excluding hydrogens is 272 g/mol. The Labute approximate surface area is 122 Å². The largest absolute Gasteiger partial charge is 0.489 e. The molecule has 0 spiro atoms. The maximum absolute atomic E-state index is 13.4. The van der Waals surface area contributed by atoms with E-state index in [2.05, 4.69) is 6.07 Å². The van der Waals surface area contributed by atoms with Gasteiger partial charge < -0.3 is 14.8 Å². The van der Waals surface area contributed by atoms with E-state index >= 15 is 0 Å². The van der Waals surface area contributed by atoms with Gasteiger partial charge in [-0.2, -0.15) is 5.26 Å². The van der Waals surface area contributed by atoms with Crippen LogP contribution in [0.4, 0.5) is 4.39 Å². The van der Waals surface area contributed by atoms with Crippen molar-refractivity contribution in [3.8, 4) is 11.8 Å². The van der Waals surface area contributed by atoms with Crippen molar-refractivity contribution < 1.29 is 19.2 Å². The maximum Gasteiger partial charge on any atom is 0.488 e. The van der Waals surface area contributed by atoms with Crippen LogP contribution in [0, 0.1) is 24.1 Å². The molecule has 0 radical (unpaired) electrons. The van der Waals surface area contributed by atoms with Crippen molar-refractivity contribution in [1.82, 2.24) is 0 Å². The number of benzene rings is 2. The lowest BCUT2D eigenvalue weighted by molar-refractivity contribution is 0.304. The molecule has 0 aliphatic carbocycles. The molecular formula is C15H13BFNO3. The van der Waals surface area contributed by atoms with Gasteiger partial charge in [0.2, 0.25) is 0 Å². The monoisotopic (exact) mass is 285 g/mol. The predicted molar refractivity (Wildman–Crippen MR) is 76.5 cm³/mol. The fourth-order valence-corrected chi connectivity index (χ4v) is 1.91. The highest BCUT2D eigenvalue weighted by Crippen LogP contribution is 2.16. The molecule has 0 aromatic heterocycles. The average molecular weight is 285 g/mol. The first-order chi connectivity index (χ1) is 9.99. The van der Waals surface area contributed by atoms with Crippen LogP contribution in [-0.2, 0) is 6.61 Å². The van der Waals surface area contributed by atoms with Gasteiger partial charge in [-0.05, 0) is 47.8 Å². The highest BCUT2D eigenvalue weighted by Gasteiger charge is 2.14. The Balaban J connectivity index is 2.15. The Hall–Kier alpha value is -2.36. The molecule has 2 aromatic rings. The zero-order chi connectivity index (χ0) is 15.4. The first-order valence-corrected chi connectivity index (χ1v) is 6.28. The molecule has 0 heterocycles. The highest BCUT2D eigenvalue weighted by atomic mass is 19.1. The highest BCUT2D eigenvalue weighted by molar-refractivity contribution is 6.58. The summed E-state index contributed by atoms with van der Waals surface area (Å²) < 4.78 is 18.8. The van der Waals surface area contributed by atoms with Crippen molar-refractivity contribution >= 4 is 12.6 Å². The number of rotatable bonds is 4. The summed E-state index contributed by atoms with van der Waals surface area (Å²) in [6.45, 7) is 2.05. The summed E-state index contributed by atoms with van der Waals surface area (Å²) in [6.07, 6.45) is 0. The van der Waals surface area contributed by atoms with Gasteiger partial charge in [0.1, 0.15) is 18.2 Å². The molecule has 4 nitrogen and oxygen atoms in total. The second kappa shape index (κ2) is 6.40. The van der Waals surface area contributed by atoms with Gasteiger partial charge in [-0.1, -0.05) is 6.07 Å². The molecule has 0 aliphatic rings. The first-order valence-electron chi connectivity index (χ1n) is 6.28. The Morgan fingerprint density at radius 3 is 2.62 bits per heavy atom. The van der Waals surface area contributed by atoms with Gasteiger partial charge in [0.15, 0.2) is 0 Å². The number of hydrogen-bond donors (Lipinski definition) is 2. The predicted octanol–water partition coefficient (Wildman–Crippen LogP) is 1.26. The van der Waals surface area contributed by atoms with E-state index in [0.29, 0.717) is 5.56 Å². The minimum absolute atomic E-state index is 0.0292. The van der Waals surface area contributed by atoms with Crippen molar-refractivity contribution in [1.29, 1.82) is 5.26 Å². The van der Waals surface area contributed by atoms with Crippen molar-refractivity contribution in [2.75, 3.05) is 0 Å². The molecule has 21 heavy (non-hydrogen) atoms. The van der Waals surface area contributed by atoms with Gasteiger partial charge >= 0.3 is 7.12 Å². The summed E-state index contributed by atoms with van der Waals surface area (Å²) in [6, 6.07) is 10.8. The van der Waals surface area contributed by atoms with E-state index in [0.717, 1.165) is 17.2 Å². The second-order valence-electron chi connectivity index (χ2n) is 4.64. The average Bonchev–Trinajstić information content (AvgIpc) is 2.45. The van der Waals surface area contributed by atoms with Gasteiger partial charge in [0.05, 0.1) is 11.6 Å². The zero-order valence-corrected chi connectivity index (χ0v) is 11.4. The zero-order valence-electron chi connectivity index (χ0n) is 11.4. The smallest absolute Gasteiger partial charge is 0.488 e. The van der Waals surface area contributed by atoms with Crippen LogP contribution in [0.15, 0.2) is 36.4 Å². The van der Waals surface area contributed by atoms with Gasteiger partial charge in [-0.15, -0.1) is 0 Å². The van der Waals surface area contributed by atoms with Gasteiger partial charge in [0, 0.05) is 6.07 Å². The summed E-state index contributed by atoms with van der Waals surface area (Å²) in [5.74, 6) is -0.394. The number of hydrogen-bond acceptors (Lipinski definition) is 4. The van der Waals surface area contributed by atoms with Crippen molar-refractivity contribution in [3.63, 3.8) is 0 Å².